The molecule has 1 aromatic heterocycles. The van der Waals surface area contributed by atoms with E-state index in [1.54, 1.807) is 30.5 Å². The van der Waals surface area contributed by atoms with E-state index in [1.807, 2.05) is 6.07 Å². The summed E-state index contributed by atoms with van der Waals surface area (Å²) in [7, 11) is -3.34. The average molecular weight is 291 g/mol. The Hall–Kier alpha value is -2.33. The van der Waals surface area contributed by atoms with Gasteiger partial charge in [0.25, 0.3) is 0 Å². The van der Waals surface area contributed by atoms with E-state index in [0.717, 1.165) is 6.26 Å². The predicted octanol–water partition coefficient (Wildman–Crippen LogP) is 1.24. The lowest BCUT2D eigenvalue weighted by Crippen LogP contribution is -2.13. The highest BCUT2D eigenvalue weighted by Gasteiger charge is 2.14. The van der Waals surface area contributed by atoms with Gasteiger partial charge in [0.05, 0.1) is 18.2 Å². The zero-order chi connectivity index (χ0) is 14.6. The summed E-state index contributed by atoms with van der Waals surface area (Å²) in [5, 5.41) is 8.80. The predicted molar refractivity (Wildman–Crippen MR) is 72.0 cm³/mol. The van der Waals surface area contributed by atoms with Crippen LogP contribution in [0.4, 0.5) is 0 Å². The molecule has 104 valence electrons. The number of rotatable bonds is 5. The highest BCUT2D eigenvalue weighted by Crippen LogP contribution is 2.13. The molecule has 2 aromatic rings. The molecule has 0 aliphatic carbocycles. The maximum absolute atomic E-state index is 11.5. The van der Waals surface area contributed by atoms with Crippen LogP contribution >= 0.6 is 0 Å². The van der Waals surface area contributed by atoms with E-state index in [9.17, 15) is 8.42 Å². The van der Waals surface area contributed by atoms with Crippen molar-refractivity contribution in [3.8, 4) is 11.8 Å². The number of hydrogen-bond acceptors (Lipinski definition) is 5. The fourth-order valence-electron chi connectivity index (χ4n) is 1.71. The number of benzene rings is 1. The van der Waals surface area contributed by atoms with E-state index in [1.165, 1.54) is 10.8 Å². The molecule has 0 aliphatic heterocycles. The van der Waals surface area contributed by atoms with Crippen molar-refractivity contribution in [1.82, 2.24) is 9.55 Å². The van der Waals surface area contributed by atoms with Gasteiger partial charge in [0.15, 0.2) is 0 Å². The van der Waals surface area contributed by atoms with Gasteiger partial charge in [-0.15, -0.1) is 0 Å². The van der Waals surface area contributed by atoms with E-state index in [2.05, 4.69) is 4.98 Å². The van der Waals surface area contributed by atoms with E-state index in [0.29, 0.717) is 17.9 Å². The van der Waals surface area contributed by atoms with Crippen molar-refractivity contribution in [2.45, 2.75) is 11.7 Å². The topological polar surface area (TPSA) is 85.0 Å². The number of imidazole rings is 1. The molecule has 0 amide bonds. The number of ether oxygens (including phenoxy) is 1. The van der Waals surface area contributed by atoms with Crippen LogP contribution in [0.5, 0.6) is 5.75 Å². The summed E-state index contributed by atoms with van der Waals surface area (Å²) in [5.41, 5.74) is 0.516. The van der Waals surface area contributed by atoms with Crippen molar-refractivity contribution in [2.75, 3.05) is 12.9 Å². The van der Waals surface area contributed by atoms with E-state index in [-0.39, 0.29) is 11.8 Å². The fourth-order valence-corrected chi connectivity index (χ4v) is 2.54. The number of sulfone groups is 1. The van der Waals surface area contributed by atoms with Crippen molar-refractivity contribution >= 4 is 9.84 Å². The Bertz CT molecular complexity index is 744. The third-order valence-electron chi connectivity index (χ3n) is 2.57. The molecule has 0 saturated carbocycles. The minimum atomic E-state index is -3.34. The Kier molecular flexibility index (Phi) is 4.05. The van der Waals surface area contributed by atoms with Crippen LogP contribution in [0.25, 0.3) is 0 Å². The Balaban J connectivity index is 2.00. The SMILES string of the molecule is CS(=O)(=O)c1nccn1CCOc1cccc(C#N)c1. The van der Waals surface area contributed by atoms with Crippen molar-refractivity contribution < 1.29 is 13.2 Å². The lowest BCUT2D eigenvalue weighted by molar-refractivity contribution is 0.293. The van der Waals surface area contributed by atoms with Gasteiger partial charge in [0, 0.05) is 18.6 Å². The normalized spacial score (nSPS) is 11.0. The van der Waals surface area contributed by atoms with Crippen LogP contribution in [-0.2, 0) is 16.4 Å². The minimum Gasteiger partial charge on any atom is -0.492 e. The molecule has 0 radical (unpaired) electrons. The van der Waals surface area contributed by atoms with Crippen LogP contribution in [-0.4, -0.2) is 30.8 Å². The van der Waals surface area contributed by atoms with E-state index < -0.39 is 9.84 Å². The van der Waals surface area contributed by atoms with Crippen LogP contribution in [0.2, 0.25) is 0 Å². The van der Waals surface area contributed by atoms with Gasteiger partial charge in [0.2, 0.25) is 15.0 Å². The van der Waals surface area contributed by atoms with Gasteiger partial charge in [0.1, 0.15) is 12.4 Å². The fraction of sp³-hybridized carbons (Fsp3) is 0.231. The summed E-state index contributed by atoms with van der Waals surface area (Å²) in [4.78, 5) is 3.82. The zero-order valence-corrected chi connectivity index (χ0v) is 11.7. The molecule has 20 heavy (non-hydrogen) atoms. The number of hydrogen-bond donors (Lipinski definition) is 0. The molecule has 6 nitrogen and oxygen atoms in total. The summed E-state index contributed by atoms with van der Waals surface area (Å²) in [6, 6.07) is 8.81. The van der Waals surface area contributed by atoms with Crippen LogP contribution in [0.1, 0.15) is 5.56 Å². The first kappa shape index (κ1) is 14.1. The third kappa shape index (κ3) is 3.36. The van der Waals surface area contributed by atoms with Crippen LogP contribution in [0.15, 0.2) is 41.8 Å². The first-order chi connectivity index (χ1) is 9.50. The third-order valence-corrected chi connectivity index (χ3v) is 3.58. The number of nitrogens with zero attached hydrogens (tertiary/aromatic N) is 3. The molecule has 0 bridgehead atoms. The van der Waals surface area contributed by atoms with E-state index >= 15 is 0 Å². The van der Waals surface area contributed by atoms with Crippen LogP contribution < -0.4 is 4.74 Å². The smallest absolute Gasteiger partial charge is 0.227 e. The summed E-state index contributed by atoms with van der Waals surface area (Å²) in [6.45, 7) is 0.646. The molecule has 0 unspecified atom stereocenters. The molecule has 0 spiro atoms. The van der Waals surface area contributed by atoms with Gasteiger partial charge in [-0.05, 0) is 18.2 Å². The Morgan fingerprint density at radius 1 is 1.45 bits per heavy atom. The molecule has 0 aliphatic rings. The molecular formula is C13H13N3O3S. The summed E-state index contributed by atoms with van der Waals surface area (Å²) < 4.78 is 30.0. The minimum absolute atomic E-state index is 0.0203. The lowest BCUT2D eigenvalue weighted by Gasteiger charge is -2.08. The van der Waals surface area contributed by atoms with Gasteiger partial charge in [-0.3, -0.25) is 0 Å². The maximum Gasteiger partial charge on any atom is 0.227 e. The first-order valence-corrected chi connectivity index (χ1v) is 7.74. The van der Waals surface area contributed by atoms with Gasteiger partial charge >= 0.3 is 0 Å². The quantitative estimate of drug-likeness (QED) is 0.827. The molecule has 0 atom stereocenters. The highest BCUT2D eigenvalue weighted by atomic mass is 32.2. The molecule has 1 aromatic carbocycles. The van der Waals surface area contributed by atoms with Gasteiger partial charge < -0.3 is 9.30 Å². The Morgan fingerprint density at radius 2 is 2.25 bits per heavy atom. The monoisotopic (exact) mass is 291 g/mol. The zero-order valence-electron chi connectivity index (χ0n) is 10.9. The molecule has 1 heterocycles. The average Bonchev–Trinajstić information content (AvgIpc) is 2.87. The summed E-state index contributed by atoms with van der Waals surface area (Å²) in [5.74, 6) is 0.574. The molecule has 0 N–H and O–H groups in total. The van der Waals surface area contributed by atoms with Gasteiger partial charge in [-0.1, -0.05) is 6.07 Å². The van der Waals surface area contributed by atoms with Crippen LogP contribution in [0, 0.1) is 11.3 Å². The maximum atomic E-state index is 11.5. The van der Waals surface area contributed by atoms with Crippen LogP contribution in [0.3, 0.4) is 0 Å². The lowest BCUT2D eigenvalue weighted by atomic mass is 10.2. The molecule has 2 rings (SSSR count). The Labute approximate surface area is 117 Å². The van der Waals surface area contributed by atoms with E-state index in [4.69, 9.17) is 10.00 Å². The molecule has 0 fully saturated rings. The van der Waals surface area contributed by atoms with Gasteiger partial charge in [-0.25, -0.2) is 13.4 Å². The van der Waals surface area contributed by atoms with Crippen molar-refractivity contribution in [2.24, 2.45) is 0 Å². The second-order valence-corrected chi connectivity index (χ2v) is 6.07. The second-order valence-electron chi connectivity index (χ2n) is 4.16. The second kappa shape index (κ2) is 5.75. The first-order valence-electron chi connectivity index (χ1n) is 5.85. The van der Waals surface area contributed by atoms with Crippen molar-refractivity contribution in [3.63, 3.8) is 0 Å². The molecular weight excluding hydrogens is 278 g/mol. The van der Waals surface area contributed by atoms with Crippen molar-refractivity contribution in [1.29, 1.82) is 5.26 Å². The molecule has 7 heteroatoms. The summed E-state index contributed by atoms with van der Waals surface area (Å²) >= 11 is 0. The van der Waals surface area contributed by atoms with Crippen molar-refractivity contribution in [3.05, 3.63) is 42.2 Å². The summed E-state index contributed by atoms with van der Waals surface area (Å²) in [6.07, 6.45) is 4.14. The Morgan fingerprint density at radius 3 is 2.95 bits per heavy atom. The largest absolute Gasteiger partial charge is 0.492 e. The number of aromatic nitrogens is 2. The molecule has 0 saturated heterocycles. The number of nitriles is 1. The highest BCUT2D eigenvalue weighted by molar-refractivity contribution is 7.90. The van der Waals surface area contributed by atoms with Gasteiger partial charge in [-0.2, -0.15) is 5.26 Å². The standard InChI is InChI=1S/C13H13N3O3S/c1-20(17,18)13-15-5-6-16(13)7-8-19-12-4-2-3-11(9-12)10-14/h2-6,9H,7-8H2,1H3.